The normalized spacial score (nSPS) is 9.78. The van der Waals surface area contributed by atoms with Crippen molar-refractivity contribution in [1.82, 2.24) is 15.2 Å². The van der Waals surface area contributed by atoms with Crippen LogP contribution >= 0.6 is 0 Å². The lowest BCUT2D eigenvalue weighted by Crippen LogP contribution is -2.19. The molecule has 18 heavy (non-hydrogen) atoms. The highest BCUT2D eigenvalue weighted by molar-refractivity contribution is 5.91. The zero-order valence-corrected chi connectivity index (χ0v) is 9.44. The molecule has 0 aliphatic heterocycles. The number of nitrogens with one attached hydrogen (secondary N) is 3. The molecule has 0 fully saturated rings. The molecular weight excluding hydrogens is 232 g/mol. The molecule has 6 heteroatoms. The van der Waals surface area contributed by atoms with Crippen LogP contribution in [0.15, 0.2) is 52.3 Å². The fourth-order valence-electron chi connectivity index (χ4n) is 1.53. The van der Waals surface area contributed by atoms with E-state index in [0.717, 1.165) is 0 Å². The molecule has 1 aromatic carbocycles. The molecule has 92 valence electrons. The van der Waals surface area contributed by atoms with Gasteiger partial charge in [-0.25, -0.2) is 0 Å². The highest BCUT2D eigenvalue weighted by Crippen LogP contribution is 2.11. The van der Waals surface area contributed by atoms with Crippen molar-refractivity contribution in [3.63, 3.8) is 0 Å². The number of rotatable bonds is 0. The Kier molecular flexibility index (Phi) is 3.29. The highest BCUT2D eigenvalue weighted by Gasteiger charge is 2.04. The molecule has 6 nitrogen and oxygen atoms in total. The summed E-state index contributed by atoms with van der Waals surface area (Å²) >= 11 is 0. The minimum Gasteiger partial charge on any atom is -0.398 e. The standard InChI is InChI=1S/C8H7N3O2.C4H5N/c9-5-3-1-2-4-6(5)8(13)11-10-7(4)12;1-2-4-5-3-1/h1-3H,9H2,(H,10,12)(H,11,13);1-5H. The first-order valence-corrected chi connectivity index (χ1v) is 5.27. The summed E-state index contributed by atoms with van der Waals surface area (Å²) in [5, 5.41) is 4.98. The molecule has 0 aliphatic rings. The molecule has 0 amide bonds. The Labute approximate surface area is 101 Å². The van der Waals surface area contributed by atoms with Gasteiger partial charge in [0.25, 0.3) is 11.1 Å². The van der Waals surface area contributed by atoms with Crippen molar-refractivity contribution >= 4 is 16.5 Å². The molecule has 0 radical (unpaired) electrons. The molecule has 0 aliphatic carbocycles. The third-order valence-electron chi connectivity index (χ3n) is 2.35. The van der Waals surface area contributed by atoms with Crippen molar-refractivity contribution in [2.75, 3.05) is 5.73 Å². The van der Waals surface area contributed by atoms with Gasteiger partial charge in [0.05, 0.1) is 10.8 Å². The van der Waals surface area contributed by atoms with Gasteiger partial charge in [0.1, 0.15) is 0 Å². The molecule has 2 heterocycles. The van der Waals surface area contributed by atoms with Gasteiger partial charge in [-0.3, -0.25) is 19.8 Å². The quantitative estimate of drug-likeness (QED) is 0.439. The van der Waals surface area contributed by atoms with Crippen molar-refractivity contribution in [2.45, 2.75) is 0 Å². The van der Waals surface area contributed by atoms with E-state index in [9.17, 15) is 9.59 Å². The van der Waals surface area contributed by atoms with E-state index in [4.69, 9.17) is 5.73 Å². The molecule has 3 aromatic rings. The third-order valence-corrected chi connectivity index (χ3v) is 2.35. The van der Waals surface area contributed by atoms with Crippen LogP contribution in [-0.2, 0) is 0 Å². The Morgan fingerprint density at radius 3 is 2.11 bits per heavy atom. The molecule has 0 bridgehead atoms. The van der Waals surface area contributed by atoms with Crippen molar-refractivity contribution in [3.8, 4) is 0 Å². The Bertz CT molecular complexity index is 723. The van der Waals surface area contributed by atoms with E-state index in [2.05, 4.69) is 15.2 Å². The first kappa shape index (κ1) is 11.7. The van der Waals surface area contributed by atoms with Crippen LogP contribution in [0.2, 0.25) is 0 Å². The summed E-state index contributed by atoms with van der Waals surface area (Å²) in [6.45, 7) is 0. The maximum atomic E-state index is 11.2. The van der Waals surface area contributed by atoms with E-state index in [-0.39, 0.29) is 16.5 Å². The van der Waals surface area contributed by atoms with Crippen LogP contribution < -0.4 is 16.9 Å². The lowest BCUT2D eigenvalue weighted by atomic mass is 10.2. The van der Waals surface area contributed by atoms with E-state index >= 15 is 0 Å². The Morgan fingerprint density at radius 1 is 0.889 bits per heavy atom. The van der Waals surface area contributed by atoms with Gasteiger partial charge in [-0.05, 0) is 24.3 Å². The van der Waals surface area contributed by atoms with E-state index in [0.29, 0.717) is 11.1 Å². The van der Waals surface area contributed by atoms with Crippen LogP contribution in [-0.4, -0.2) is 15.2 Å². The van der Waals surface area contributed by atoms with Gasteiger partial charge in [-0.15, -0.1) is 0 Å². The first-order valence-electron chi connectivity index (χ1n) is 5.27. The van der Waals surface area contributed by atoms with E-state index < -0.39 is 0 Å². The summed E-state index contributed by atoms with van der Waals surface area (Å²) in [5.74, 6) is 0. The van der Waals surface area contributed by atoms with Gasteiger partial charge < -0.3 is 10.7 Å². The Balaban J connectivity index is 0.000000202. The molecule has 0 unspecified atom stereocenters. The number of aromatic nitrogens is 3. The SMILES string of the molecule is Nc1cccc2c(=O)[nH][nH]c(=O)c12.c1cc[nH]c1. The van der Waals surface area contributed by atoms with Crippen LogP contribution in [0, 0.1) is 0 Å². The Hall–Kier alpha value is -2.76. The number of nitrogen functional groups attached to an aromatic ring is 1. The smallest absolute Gasteiger partial charge is 0.272 e. The maximum absolute atomic E-state index is 11.2. The number of hydrogen-bond donors (Lipinski definition) is 4. The second-order valence-electron chi connectivity index (χ2n) is 3.56. The second kappa shape index (κ2) is 5.05. The fourth-order valence-corrected chi connectivity index (χ4v) is 1.53. The molecular formula is C12H12N4O2. The maximum Gasteiger partial charge on any atom is 0.272 e. The zero-order valence-electron chi connectivity index (χ0n) is 9.44. The monoisotopic (exact) mass is 244 g/mol. The van der Waals surface area contributed by atoms with E-state index in [1.165, 1.54) is 0 Å². The number of hydrogen-bond acceptors (Lipinski definition) is 3. The van der Waals surface area contributed by atoms with Crippen LogP contribution in [0.4, 0.5) is 5.69 Å². The number of benzene rings is 1. The van der Waals surface area contributed by atoms with Crippen molar-refractivity contribution in [2.24, 2.45) is 0 Å². The lowest BCUT2D eigenvalue weighted by Gasteiger charge is -1.97. The molecule has 0 saturated carbocycles. The summed E-state index contributed by atoms with van der Waals surface area (Å²) in [7, 11) is 0. The molecule has 3 rings (SSSR count). The van der Waals surface area contributed by atoms with Gasteiger partial charge >= 0.3 is 0 Å². The summed E-state index contributed by atoms with van der Waals surface area (Å²) in [5.41, 5.74) is 5.14. The molecule has 5 N–H and O–H groups in total. The van der Waals surface area contributed by atoms with Crippen molar-refractivity contribution < 1.29 is 0 Å². The molecule has 2 aromatic heterocycles. The first-order chi connectivity index (χ1) is 8.70. The number of nitrogens with two attached hydrogens (primary N) is 1. The topological polar surface area (TPSA) is 108 Å². The average molecular weight is 244 g/mol. The summed E-state index contributed by atoms with van der Waals surface area (Å²) in [6.07, 6.45) is 3.75. The van der Waals surface area contributed by atoms with Gasteiger partial charge in [0.15, 0.2) is 0 Å². The second-order valence-corrected chi connectivity index (χ2v) is 3.56. The van der Waals surface area contributed by atoms with Gasteiger partial charge in [-0.2, -0.15) is 0 Å². The van der Waals surface area contributed by atoms with Gasteiger partial charge in [0, 0.05) is 18.1 Å². The molecule has 0 saturated heterocycles. The lowest BCUT2D eigenvalue weighted by molar-refractivity contribution is 0.977. The highest BCUT2D eigenvalue weighted by atomic mass is 16.1. The minimum absolute atomic E-state index is 0.242. The average Bonchev–Trinajstić information content (AvgIpc) is 2.93. The van der Waals surface area contributed by atoms with Crippen molar-refractivity contribution in [3.05, 3.63) is 63.4 Å². The van der Waals surface area contributed by atoms with Crippen LogP contribution in [0.1, 0.15) is 0 Å². The molecule has 0 atom stereocenters. The third kappa shape index (κ3) is 2.32. The van der Waals surface area contributed by atoms with Gasteiger partial charge in [0.2, 0.25) is 0 Å². The number of anilines is 1. The Morgan fingerprint density at radius 2 is 1.56 bits per heavy atom. The van der Waals surface area contributed by atoms with Crippen LogP contribution in [0.3, 0.4) is 0 Å². The summed E-state index contributed by atoms with van der Waals surface area (Å²) < 4.78 is 0. The van der Waals surface area contributed by atoms with E-state index in [1.54, 1.807) is 18.2 Å². The van der Waals surface area contributed by atoms with Crippen LogP contribution in [0.25, 0.3) is 10.8 Å². The van der Waals surface area contributed by atoms with E-state index in [1.807, 2.05) is 24.5 Å². The fraction of sp³-hybridized carbons (Fsp3) is 0. The largest absolute Gasteiger partial charge is 0.398 e. The number of fused-ring (bicyclic) bond motifs is 1. The van der Waals surface area contributed by atoms with Crippen molar-refractivity contribution in [1.29, 1.82) is 0 Å². The number of H-pyrrole nitrogens is 3. The zero-order chi connectivity index (χ0) is 13.0. The number of aromatic amines is 3. The molecule has 0 spiro atoms. The predicted octanol–water partition coefficient (Wildman–Crippen LogP) is 0.813. The van der Waals surface area contributed by atoms with Gasteiger partial charge in [-0.1, -0.05) is 6.07 Å². The minimum atomic E-state index is -0.382. The summed E-state index contributed by atoms with van der Waals surface area (Å²) in [4.78, 5) is 25.3. The van der Waals surface area contributed by atoms with Crippen LogP contribution in [0.5, 0.6) is 0 Å². The summed E-state index contributed by atoms with van der Waals surface area (Å²) in [6, 6.07) is 8.66. The predicted molar refractivity (Wildman–Crippen MR) is 70.4 cm³/mol.